The van der Waals surface area contributed by atoms with Gasteiger partial charge in [-0.25, -0.2) is 0 Å². The van der Waals surface area contributed by atoms with Crippen LogP contribution >= 0.6 is 0 Å². The summed E-state index contributed by atoms with van der Waals surface area (Å²) in [4.78, 5) is 9.80. The number of aliphatic hydroxyl groups excluding tert-OH is 1. The van der Waals surface area contributed by atoms with Crippen LogP contribution < -0.4 is 0 Å². The molecule has 0 saturated carbocycles. The summed E-state index contributed by atoms with van der Waals surface area (Å²) < 4.78 is 6.37. The Labute approximate surface area is 70.4 Å². The van der Waals surface area contributed by atoms with E-state index in [1.165, 1.54) is 24.5 Å². The zero-order valence-corrected chi connectivity index (χ0v) is 6.14. The Hall–Kier alpha value is -1.84. The van der Waals surface area contributed by atoms with Crippen molar-refractivity contribution < 1.29 is 10.0 Å². The molecule has 4 nitrogen and oxygen atoms in total. The van der Waals surface area contributed by atoms with Gasteiger partial charge in [0.2, 0.25) is 0 Å². The van der Waals surface area contributed by atoms with Crippen molar-refractivity contribution in [3.63, 3.8) is 0 Å². The third-order valence-corrected chi connectivity index (χ3v) is 1.36. The first-order valence-electron chi connectivity index (χ1n) is 3.68. The number of rotatable bonds is 3. The normalized spacial score (nSPS) is 11.2. The quantitative estimate of drug-likeness (QED) is 0.426. The summed E-state index contributed by atoms with van der Waals surface area (Å²) in [5, 5.41) is 14.2. The van der Waals surface area contributed by atoms with Gasteiger partial charge in [-0.05, 0) is 23.8 Å². The van der Waals surface area contributed by atoms with Crippen LogP contribution in [0.25, 0.3) is 7.51 Å². The van der Waals surface area contributed by atoms with E-state index in [9.17, 15) is 10.1 Å². The second kappa shape index (κ2) is 3.52. The lowest BCUT2D eigenvalue weighted by molar-refractivity contribution is -0.384. The van der Waals surface area contributed by atoms with Crippen molar-refractivity contribution in [2.45, 2.75) is 0 Å². The fourth-order valence-corrected chi connectivity index (χ4v) is 0.786. The van der Waals surface area contributed by atoms with Crippen LogP contribution in [0.5, 0.6) is 0 Å². The van der Waals surface area contributed by atoms with Gasteiger partial charge < -0.3 is 5.11 Å². The third kappa shape index (κ3) is 1.82. The van der Waals surface area contributed by atoms with E-state index in [0.717, 1.165) is 5.56 Å². The summed E-state index contributed by atoms with van der Waals surface area (Å²) in [5.74, 6) is 0. The predicted octanol–water partition coefficient (Wildman–Crippen LogP) is 2.12. The first-order valence-corrected chi connectivity index (χ1v) is 3.27. The van der Waals surface area contributed by atoms with Gasteiger partial charge in [0.1, 0.15) is 0 Å². The van der Waals surface area contributed by atoms with Gasteiger partial charge in [0.15, 0.2) is 0 Å². The smallest absolute Gasteiger partial charge is 0.292 e. The molecular formula is C8H7NO3. The topological polar surface area (TPSA) is 63.4 Å². The van der Waals surface area contributed by atoms with Gasteiger partial charge in [-0.15, -0.1) is 0 Å². The van der Waals surface area contributed by atoms with Crippen molar-refractivity contribution in [1.29, 1.82) is 1.43 Å². The van der Waals surface area contributed by atoms with E-state index in [-0.39, 0.29) is 5.69 Å². The van der Waals surface area contributed by atoms with Crippen molar-refractivity contribution >= 4 is 11.8 Å². The minimum absolute atomic E-state index is 0.0453. The van der Waals surface area contributed by atoms with Crippen LogP contribution in [0.2, 0.25) is 0 Å². The monoisotopic (exact) mass is 167 g/mol. The molecule has 0 saturated heterocycles. The number of non-ortho nitro benzene ring substituents is 1. The standard InChI is InChI=1S/C8H7NO3/c10-6-5-7-1-3-8(4-2-7)9(11)12/h1-6,10H/b6-5+/i/hT. The summed E-state index contributed by atoms with van der Waals surface area (Å²) in [6, 6.07) is 5.94. The molecule has 4 heteroatoms. The second-order valence-electron chi connectivity index (χ2n) is 2.15. The van der Waals surface area contributed by atoms with Gasteiger partial charge in [-0.2, -0.15) is 0 Å². The van der Waals surface area contributed by atoms with Crippen molar-refractivity contribution in [3.8, 4) is 0 Å². The van der Waals surface area contributed by atoms with Gasteiger partial charge in [-0.1, -0.05) is 0 Å². The van der Waals surface area contributed by atoms with Gasteiger partial charge >= 0.3 is 0 Å². The first kappa shape index (κ1) is 6.84. The van der Waals surface area contributed by atoms with Crippen molar-refractivity contribution in [1.82, 2.24) is 0 Å². The number of nitro benzene ring substituents is 1. The van der Waals surface area contributed by atoms with Crippen LogP contribution in [0.4, 0.5) is 5.69 Å². The lowest BCUT2D eigenvalue weighted by atomic mass is 10.2. The molecule has 0 atom stereocenters. The van der Waals surface area contributed by atoms with E-state index < -0.39 is 4.92 Å². The highest BCUT2D eigenvalue weighted by atomic mass is 16.6. The number of nitrogens with zero attached hydrogens (tertiary/aromatic N) is 1. The number of benzene rings is 1. The lowest BCUT2D eigenvalue weighted by Crippen LogP contribution is -1.86. The maximum atomic E-state index is 10.3. The average molecular weight is 167 g/mol. The van der Waals surface area contributed by atoms with Crippen LogP contribution in [0, 0.1) is 10.1 Å². The highest BCUT2D eigenvalue weighted by molar-refractivity contribution is 5.50. The Morgan fingerprint density at radius 3 is 2.67 bits per heavy atom. The molecule has 0 radical (unpaired) electrons. The molecule has 0 fully saturated rings. The maximum Gasteiger partial charge on any atom is 0.292 e. The van der Waals surface area contributed by atoms with Crippen LogP contribution in [0.3, 0.4) is 0 Å². The Morgan fingerprint density at radius 1 is 1.50 bits per heavy atom. The summed E-state index contributed by atoms with van der Waals surface area (Å²) in [6.07, 6.45) is 2.72. The van der Waals surface area contributed by atoms with E-state index in [1.807, 2.05) is 0 Å². The molecule has 1 rings (SSSR count). The second-order valence-corrected chi connectivity index (χ2v) is 2.15. The molecule has 0 unspecified atom stereocenters. The fraction of sp³-hybridized carbons (Fsp3) is 0. The lowest BCUT2D eigenvalue weighted by Gasteiger charge is -1.91. The Bertz CT molecular complexity index is 321. The maximum absolute atomic E-state index is 10.3. The SMILES string of the molecule is [3H]O/C=C/c1ccc([N+](=O)[O-])cc1. The molecule has 0 heterocycles. The predicted molar refractivity (Wildman–Crippen MR) is 44.8 cm³/mol. The first-order chi connectivity index (χ1) is 6.24. The molecule has 0 aromatic heterocycles. The van der Waals surface area contributed by atoms with E-state index in [4.69, 9.17) is 1.43 Å². The van der Waals surface area contributed by atoms with Gasteiger partial charge in [0.25, 0.3) is 7.12 Å². The minimum Gasteiger partial charge on any atom is -0.516 e. The molecule has 0 bridgehead atoms. The van der Waals surface area contributed by atoms with E-state index >= 15 is 0 Å². The van der Waals surface area contributed by atoms with Crippen molar-refractivity contribution in [2.75, 3.05) is 0 Å². The van der Waals surface area contributed by atoms with Crippen molar-refractivity contribution in [3.05, 3.63) is 46.2 Å². The highest BCUT2D eigenvalue weighted by Crippen LogP contribution is 2.12. The van der Waals surface area contributed by atoms with E-state index in [2.05, 4.69) is 5.11 Å². The number of nitro groups is 1. The van der Waals surface area contributed by atoms with Crippen LogP contribution in [0.1, 0.15) is 5.56 Å². The van der Waals surface area contributed by atoms with Crippen LogP contribution in [-0.4, -0.2) is 10.0 Å². The Kier molecular flexibility index (Phi) is 2.01. The minimum atomic E-state index is -0.464. The largest absolute Gasteiger partial charge is 0.516 e. The molecule has 62 valence electrons. The van der Waals surface area contributed by atoms with Gasteiger partial charge in [0.05, 0.1) is 11.2 Å². The van der Waals surface area contributed by atoms with Gasteiger partial charge in [0, 0.05) is 12.1 Å². The van der Waals surface area contributed by atoms with E-state index in [1.54, 1.807) is 12.1 Å². The summed E-state index contributed by atoms with van der Waals surface area (Å²) >= 11 is 0. The summed E-state index contributed by atoms with van der Waals surface area (Å²) in [5.41, 5.74) is 0.793. The molecular weight excluding hydrogens is 158 g/mol. The molecule has 0 aliphatic carbocycles. The third-order valence-electron chi connectivity index (χ3n) is 1.36. The van der Waals surface area contributed by atoms with Crippen LogP contribution in [-0.2, 0) is 0 Å². The Balaban J connectivity index is 2.81. The number of hydrogen-bond acceptors (Lipinski definition) is 3. The molecule has 0 spiro atoms. The molecule has 0 aliphatic heterocycles. The molecule has 12 heavy (non-hydrogen) atoms. The molecule has 0 aliphatic rings. The average Bonchev–Trinajstić information content (AvgIpc) is 2.15. The Morgan fingerprint density at radius 2 is 2.17 bits per heavy atom. The number of hydrogen-bond donors (Lipinski definition) is 1. The van der Waals surface area contributed by atoms with Crippen molar-refractivity contribution in [2.24, 2.45) is 0 Å². The molecule has 1 aromatic rings. The molecule has 1 aromatic carbocycles. The van der Waals surface area contributed by atoms with E-state index in [0.29, 0.717) is 0 Å². The summed E-state index contributed by atoms with van der Waals surface area (Å²) in [6.45, 7) is 0. The number of aliphatic hydroxyl groups is 1. The molecule has 1 N–H and O–H groups in total. The fourth-order valence-electron chi connectivity index (χ4n) is 0.786. The van der Waals surface area contributed by atoms with Gasteiger partial charge in [-0.3, -0.25) is 10.1 Å². The molecule has 0 amide bonds. The van der Waals surface area contributed by atoms with Crippen LogP contribution in [0.15, 0.2) is 30.5 Å². The summed E-state index contributed by atoms with van der Waals surface area (Å²) in [7, 11) is 0. The zero-order valence-electron chi connectivity index (χ0n) is 7.14. The zero-order chi connectivity index (χ0) is 9.68. The highest BCUT2D eigenvalue weighted by Gasteiger charge is 2.01.